The number of hydrogen-bond acceptors (Lipinski definition) is 3. The number of amides is 2. The second-order valence-electron chi connectivity index (χ2n) is 8.88. The van der Waals surface area contributed by atoms with Crippen LogP contribution in [-0.2, 0) is 4.79 Å². The normalized spacial score (nSPS) is 30.9. The van der Waals surface area contributed by atoms with Crippen molar-refractivity contribution in [2.45, 2.75) is 64.8 Å². The van der Waals surface area contributed by atoms with Crippen molar-refractivity contribution >= 4 is 12.0 Å². The third kappa shape index (κ3) is 3.85. The van der Waals surface area contributed by atoms with Crippen molar-refractivity contribution in [2.75, 3.05) is 32.7 Å². The van der Waals surface area contributed by atoms with Crippen LogP contribution in [0, 0.1) is 17.3 Å². The number of fused-ring (bicyclic) bond motifs is 1. The van der Waals surface area contributed by atoms with Crippen molar-refractivity contribution < 1.29 is 14.7 Å². The Morgan fingerprint density at radius 3 is 2.42 bits per heavy atom. The molecule has 2 heterocycles. The van der Waals surface area contributed by atoms with Crippen molar-refractivity contribution in [1.82, 2.24) is 15.1 Å². The van der Waals surface area contributed by atoms with E-state index in [9.17, 15) is 14.7 Å². The van der Waals surface area contributed by atoms with Crippen LogP contribution in [0.4, 0.5) is 4.79 Å². The van der Waals surface area contributed by atoms with E-state index in [4.69, 9.17) is 0 Å². The molecular weight excluding hydrogens is 330 g/mol. The Morgan fingerprint density at radius 2 is 1.85 bits per heavy atom. The summed E-state index contributed by atoms with van der Waals surface area (Å²) in [5.74, 6) is -0.117. The maximum absolute atomic E-state index is 12.7. The van der Waals surface area contributed by atoms with Gasteiger partial charge < -0.3 is 15.3 Å². The third-order valence-corrected chi connectivity index (χ3v) is 6.93. The Morgan fingerprint density at radius 1 is 1.15 bits per heavy atom. The molecule has 1 unspecified atom stereocenters. The molecule has 6 heteroatoms. The Labute approximate surface area is 157 Å². The number of carboxylic acids is 1. The zero-order valence-electron chi connectivity index (χ0n) is 16.4. The lowest BCUT2D eigenvalue weighted by atomic mass is 9.81. The molecule has 3 fully saturated rings. The Balaban J connectivity index is 1.56. The Bertz CT molecular complexity index is 516. The number of aliphatic carboxylic acids is 1. The molecule has 0 aromatic carbocycles. The highest BCUT2D eigenvalue weighted by Crippen LogP contribution is 2.48. The molecule has 0 aromatic heterocycles. The van der Waals surface area contributed by atoms with Gasteiger partial charge in [0.05, 0.1) is 5.41 Å². The highest BCUT2D eigenvalue weighted by molar-refractivity contribution is 5.80. The SMILES string of the molecule is CC(C)C(CNC(=O)N1C[C@@H]2CCC[C@@]2(C(=O)O)C1)N1CCCCCC1. The van der Waals surface area contributed by atoms with Crippen LogP contribution in [0.5, 0.6) is 0 Å². The summed E-state index contributed by atoms with van der Waals surface area (Å²) in [7, 11) is 0. The van der Waals surface area contributed by atoms with E-state index in [-0.39, 0.29) is 11.9 Å². The molecule has 0 bridgehead atoms. The molecule has 148 valence electrons. The topological polar surface area (TPSA) is 72.9 Å². The van der Waals surface area contributed by atoms with Gasteiger partial charge in [-0.2, -0.15) is 0 Å². The van der Waals surface area contributed by atoms with Gasteiger partial charge in [0, 0.05) is 25.7 Å². The quantitative estimate of drug-likeness (QED) is 0.786. The van der Waals surface area contributed by atoms with Crippen LogP contribution in [0.1, 0.15) is 58.8 Å². The highest BCUT2D eigenvalue weighted by Gasteiger charge is 2.55. The summed E-state index contributed by atoms with van der Waals surface area (Å²) >= 11 is 0. The summed E-state index contributed by atoms with van der Waals surface area (Å²) in [5, 5.41) is 12.8. The van der Waals surface area contributed by atoms with E-state index >= 15 is 0 Å². The average Bonchev–Trinajstić information content (AvgIpc) is 3.04. The van der Waals surface area contributed by atoms with Gasteiger partial charge in [0.15, 0.2) is 0 Å². The second-order valence-corrected chi connectivity index (χ2v) is 8.88. The molecule has 0 aromatic rings. The standard InChI is InChI=1S/C20H35N3O3/c1-15(2)17(22-10-5-3-4-6-11-22)12-21-19(26)23-13-16-8-7-9-20(16,14-23)18(24)25/h15-17H,3-14H2,1-2H3,(H,21,26)(H,24,25)/t16-,17?,20+/m0/s1. The predicted molar refractivity (Wildman–Crippen MR) is 101 cm³/mol. The molecule has 0 spiro atoms. The summed E-state index contributed by atoms with van der Waals surface area (Å²) in [5.41, 5.74) is -0.695. The van der Waals surface area contributed by atoms with Crippen LogP contribution >= 0.6 is 0 Å². The summed E-state index contributed by atoms with van der Waals surface area (Å²) in [6.07, 6.45) is 7.70. The molecule has 1 saturated carbocycles. The van der Waals surface area contributed by atoms with E-state index in [1.165, 1.54) is 25.7 Å². The lowest BCUT2D eigenvalue weighted by Gasteiger charge is -2.34. The lowest BCUT2D eigenvalue weighted by molar-refractivity contribution is -0.149. The number of hydrogen-bond donors (Lipinski definition) is 2. The Kier molecular flexibility index (Phi) is 6.10. The van der Waals surface area contributed by atoms with Gasteiger partial charge in [-0.05, 0) is 50.6 Å². The van der Waals surface area contributed by atoms with Gasteiger partial charge in [0.1, 0.15) is 0 Å². The molecule has 2 amide bonds. The average molecular weight is 366 g/mol. The van der Waals surface area contributed by atoms with Crippen molar-refractivity contribution in [2.24, 2.45) is 17.3 Å². The highest BCUT2D eigenvalue weighted by atomic mass is 16.4. The molecule has 2 N–H and O–H groups in total. The maximum Gasteiger partial charge on any atom is 0.317 e. The van der Waals surface area contributed by atoms with Crippen LogP contribution in [0.2, 0.25) is 0 Å². The molecular formula is C20H35N3O3. The summed E-state index contributed by atoms with van der Waals surface area (Å²) in [6, 6.07) is 0.271. The molecule has 0 radical (unpaired) electrons. The number of rotatable bonds is 5. The van der Waals surface area contributed by atoms with E-state index in [2.05, 4.69) is 24.1 Å². The number of nitrogens with zero attached hydrogens (tertiary/aromatic N) is 2. The van der Waals surface area contributed by atoms with E-state index < -0.39 is 11.4 Å². The van der Waals surface area contributed by atoms with Crippen LogP contribution in [0.25, 0.3) is 0 Å². The Hall–Kier alpha value is -1.30. The second kappa shape index (κ2) is 8.15. The van der Waals surface area contributed by atoms with Crippen LogP contribution in [0.15, 0.2) is 0 Å². The first-order chi connectivity index (χ1) is 12.4. The zero-order valence-corrected chi connectivity index (χ0v) is 16.4. The maximum atomic E-state index is 12.7. The third-order valence-electron chi connectivity index (χ3n) is 6.93. The molecule has 26 heavy (non-hydrogen) atoms. The van der Waals surface area contributed by atoms with Crippen molar-refractivity contribution in [1.29, 1.82) is 0 Å². The predicted octanol–water partition coefficient (Wildman–Crippen LogP) is 2.78. The number of carbonyl (C=O) groups excluding carboxylic acids is 1. The van der Waals surface area contributed by atoms with Gasteiger partial charge in [0.2, 0.25) is 0 Å². The van der Waals surface area contributed by atoms with Gasteiger partial charge in [0.25, 0.3) is 0 Å². The summed E-state index contributed by atoms with van der Waals surface area (Å²) < 4.78 is 0. The zero-order chi connectivity index (χ0) is 18.7. The van der Waals surface area contributed by atoms with Crippen molar-refractivity contribution in [3.63, 3.8) is 0 Å². The lowest BCUT2D eigenvalue weighted by Crippen LogP contribution is -2.50. The monoisotopic (exact) mass is 365 g/mol. The molecule has 1 aliphatic carbocycles. The molecule has 6 nitrogen and oxygen atoms in total. The minimum atomic E-state index is -0.722. The first kappa shape index (κ1) is 19.5. The van der Waals surface area contributed by atoms with Gasteiger partial charge in [-0.3, -0.25) is 9.69 Å². The minimum absolute atomic E-state index is 0.0829. The van der Waals surface area contributed by atoms with Crippen LogP contribution in [0.3, 0.4) is 0 Å². The van der Waals surface area contributed by atoms with Crippen molar-refractivity contribution in [3.8, 4) is 0 Å². The number of carbonyl (C=O) groups is 2. The van der Waals surface area contributed by atoms with Crippen LogP contribution in [-0.4, -0.2) is 65.7 Å². The minimum Gasteiger partial charge on any atom is -0.481 e. The van der Waals surface area contributed by atoms with E-state index in [0.29, 0.717) is 38.0 Å². The molecule has 3 atom stereocenters. The van der Waals surface area contributed by atoms with Gasteiger partial charge in [-0.1, -0.05) is 33.1 Å². The van der Waals surface area contributed by atoms with Gasteiger partial charge >= 0.3 is 12.0 Å². The summed E-state index contributed by atoms with van der Waals surface area (Å²) in [4.78, 5) is 28.8. The number of carboxylic acid groups (broad SMARTS) is 1. The molecule has 3 rings (SSSR count). The number of urea groups is 1. The largest absolute Gasteiger partial charge is 0.481 e. The van der Waals surface area contributed by atoms with Gasteiger partial charge in [-0.25, -0.2) is 4.79 Å². The van der Waals surface area contributed by atoms with E-state index in [0.717, 1.165) is 25.9 Å². The summed E-state index contributed by atoms with van der Waals surface area (Å²) in [6.45, 7) is 8.29. The molecule has 2 aliphatic heterocycles. The fourth-order valence-corrected chi connectivity index (χ4v) is 5.31. The van der Waals surface area contributed by atoms with E-state index in [1.54, 1.807) is 4.90 Å². The number of nitrogens with one attached hydrogen (secondary N) is 1. The molecule has 3 aliphatic rings. The first-order valence-corrected chi connectivity index (χ1v) is 10.4. The van der Waals surface area contributed by atoms with Gasteiger partial charge in [-0.15, -0.1) is 0 Å². The fourth-order valence-electron chi connectivity index (χ4n) is 5.31. The fraction of sp³-hybridized carbons (Fsp3) is 0.900. The number of likely N-dealkylation sites (tertiary alicyclic amines) is 2. The smallest absolute Gasteiger partial charge is 0.317 e. The molecule has 2 saturated heterocycles. The van der Waals surface area contributed by atoms with E-state index in [1.807, 2.05) is 0 Å². The van der Waals surface area contributed by atoms with Crippen LogP contribution < -0.4 is 5.32 Å². The van der Waals surface area contributed by atoms with Crippen molar-refractivity contribution in [3.05, 3.63) is 0 Å². The first-order valence-electron chi connectivity index (χ1n) is 10.4.